The number of hydrogen-bond acceptors (Lipinski definition) is 4. The zero-order valence-corrected chi connectivity index (χ0v) is 11.5. The molecule has 98 valence electrons. The Labute approximate surface area is 117 Å². The highest BCUT2D eigenvalue weighted by atomic mass is 79.9. The van der Waals surface area contributed by atoms with Crippen LogP contribution < -0.4 is 10.6 Å². The SMILES string of the molecule is CNc1nccc(C(=O)Nc2ccncc2Br)c1F. The molecule has 0 radical (unpaired) electrons. The monoisotopic (exact) mass is 324 g/mol. The van der Waals surface area contributed by atoms with Crippen molar-refractivity contribution in [3.05, 3.63) is 46.6 Å². The molecule has 0 spiro atoms. The van der Waals surface area contributed by atoms with Crippen molar-refractivity contribution in [3.63, 3.8) is 0 Å². The molecule has 0 atom stereocenters. The molecule has 5 nitrogen and oxygen atoms in total. The highest BCUT2D eigenvalue weighted by Gasteiger charge is 2.16. The molecule has 0 aliphatic carbocycles. The van der Waals surface area contributed by atoms with Gasteiger partial charge in [-0.25, -0.2) is 9.37 Å². The van der Waals surface area contributed by atoms with Crippen LogP contribution in [0.1, 0.15) is 10.4 Å². The van der Waals surface area contributed by atoms with E-state index in [1.165, 1.54) is 31.7 Å². The predicted molar refractivity (Wildman–Crippen MR) is 73.6 cm³/mol. The van der Waals surface area contributed by atoms with Gasteiger partial charge in [-0.15, -0.1) is 0 Å². The van der Waals surface area contributed by atoms with E-state index in [1.807, 2.05) is 0 Å². The zero-order valence-electron chi connectivity index (χ0n) is 9.95. The van der Waals surface area contributed by atoms with Crippen LogP contribution in [-0.4, -0.2) is 22.9 Å². The van der Waals surface area contributed by atoms with Gasteiger partial charge in [-0.2, -0.15) is 0 Å². The number of hydrogen-bond donors (Lipinski definition) is 2. The minimum Gasteiger partial charge on any atom is -0.371 e. The molecule has 2 N–H and O–H groups in total. The first-order valence-corrected chi connectivity index (χ1v) is 6.16. The molecule has 2 rings (SSSR count). The Hall–Kier alpha value is -2.02. The lowest BCUT2D eigenvalue weighted by Crippen LogP contribution is -2.15. The summed E-state index contributed by atoms with van der Waals surface area (Å²) >= 11 is 3.25. The Morgan fingerprint density at radius 1 is 1.37 bits per heavy atom. The fraction of sp³-hybridized carbons (Fsp3) is 0.0833. The van der Waals surface area contributed by atoms with E-state index in [1.54, 1.807) is 6.07 Å². The summed E-state index contributed by atoms with van der Waals surface area (Å²) in [7, 11) is 1.53. The van der Waals surface area contributed by atoms with Gasteiger partial charge in [0.05, 0.1) is 15.7 Å². The third-order valence-electron chi connectivity index (χ3n) is 2.39. The highest BCUT2D eigenvalue weighted by Crippen LogP contribution is 2.22. The van der Waals surface area contributed by atoms with Crippen molar-refractivity contribution in [1.29, 1.82) is 0 Å². The lowest BCUT2D eigenvalue weighted by Gasteiger charge is -2.09. The number of carbonyl (C=O) groups is 1. The van der Waals surface area contributed by atoms with Crippen LogP contribution in [0, 0.1) is 5.82 Å². The van der Waals surface area contributed by atoms with Crippen molar-refractivity contribution in [2.45, 2.75) is 0 Å². The molecule has 0 aromatic carbocycles. The summed E-state index contributed by atoms with van der Waals surface area (Å²) in [5.74, 6) is -1.21. The van der Waals surface area contributed by atoms with Crippen molar-refractivity contribution in [2.24, 2.45) is 0 Å². The number of anilines is 2. The predicted octanol–water partition coefficient (Wildman–Crippen LogP) is 2.67. The molecule has 0 bridgehead atoms. The van der Waals surface area contributed by atoms with Gasteiger partial charge >= 0.3 is 0 Å². The van der Waals surface area contributed by atoms with E-state index in [-0.39, 0.29) is 11.4 Å². The maximum Gasteiger partial charge on any atom is 0.258 e. The molecule has 2 heterocycles. The normalized spacial score (nSPS) is 10.1. The number of halogens is 2. The third kappa shape index (κ3) is 2.87. The number of nitrogens with zero attached hydrogens (tertiary/aromatic N) is 2. The molecule has 2 aromatic heterocycles. The Kier molecular flexibility index (Phi) is 4.06. The topological polar surface area (TPSA) is 66.9 Å². The van der Waals surface area contributed by atoms with Crippen molar-refractivity contribution >= 4 is 33.3 Å². The molecule has 7 heteroatoms. The standard InChI is InChI=1S/C12H10BrFN4O/c1-15-11-10(14)7(2-5-17-11)12(19)18-9-3-4-16-6-8(9)13/h2-6H,1H3,(H,15,17)(H,16,18,19). The van der Waals surface area contributed by atoms with E-state index in [2.05, 4.69) is 36.5 Å². The molecule has 2 aromatic rings. The van der Waals surface area contributed by atoms with Gasteiger partial charge in [-0.1, -0.05) is 0 Å². The zero-order chi connectivity index (χ0) is 13.8. The first-order valence-electron chi connectivity index (χ1n) is 5.36. The summed E-state index contributed by atoms with van der Waals surface area (Å²) in [4.78, 5) is 19.7. The molecule has 0 aliphatic rings. The molecule has 19 heavy (non-hydrogen) atoms. The lowest BCUT2D eigenvalue weighted by molar-refractivity contribution is 0.102. The number of rotatable bonds is 3. The third-order valence-corrected chi connectivity index (χ3v) is 3.02. The molecule has 0 saturated heterocycles. The molecular formula is C12H10BrFN4O. The fourth-order valence-electron chi connectivity index (χ4n) is 1.46. The van der Waals surface area contributed by atoms with Gasteiger partial charge in [0, 0.05) is 25.6 Å². The summed E-state index contributed by atoms with van der Waals surface area (Å²) < 4.78 is 14.5. The first-order chi connectivity index (χ1) is 9.13. The average Bonchev–Trinajstić information content (AvgIpc) is 2.41. The fourth-order valence-corrected chi connectivity index (χ4v) is 1.81. The Bertz CT molecular complexity index is 620. The maximum atomic E-state index is 13.9. The van der Waals surface area contributed by atoms with E-state index in [4.69, 9.17) is 0 Å². The Morgan fingerprint density at radius 3 is 2.84 bits per heavy atom. The van der Waals surface area contributed by atoms with Crippen LogP contribution in [0.25, 0.3) is 0 Å². The summed E-state index contributed by atoms with van der Waals surface area (Å²) in [5, 5.41) is 5.18. The van der Waals surface area contributed by atoms with Crippen molar-refractivity contribution in [1.82, 2.24) is 9.97 Å². The number of nitrogens with one attached hydrogen (secondary N) is 2. The number of carbonyl (C=O) groups excluding carboxylic acids is 1. The second-order valence-electron chi connectivity index (χ2n) is 3.58. The smallest absolute Gasteiger partial charge is 0.258 e. The second-order valence-corrected chi connectivity index (χ2v) is 4.44. The molecule has 0 aliphatic heterocycles. The summed E-state index contributed by atoms with van der Waals surface area (Å²) in [6, 6.07) is 2.93. The van der Waals surface area contributed by atoms with Gasteiger partial charge in [-0.05, 0) is 28.1 Å². The number of amides is 1. The minimum atomic E-state index is -0.687. The van der Waals surface area contributed by atoms with Crippen LogP contribution in [0.2, 0.25) is 0 Å². The summed E-state index contributed by atoms with van der Waals surface area (Å²) in [6.45, 7) is 0. The van der Waals surface area contributed by atoms with Crippen LogP contribution in [0.4, 0.5) is 15.9 Å². The van der Waals surface area contributed by atoms with Gasteiger partial charge in [0.2, 0.25) is 0 Å². The lowest BCUT2D eigenvalue weighted by atomic mass is 10.2. The average molecular weight is 325 g/mol. The summed E-state index contributed by atoms with van der Waals surface area (Å²) in [5.41, 5.74) is 0.435. The molecule has 0 unspecified atom stereocenters. The highest BCUT2D eigenvalue weighted by molar-refractivity contribution is 9.10. The molecule has 1 amide bonds. The minimum absolute atomic E-state index is 0.0291. The van der Waals surface area contributed by atoms with E-state index in [0.29, 0.717) is 10.2 Å². The van der Waals surface area contributed by atoms with Crippen molar-refractivity contribution < 1.29 is 9.18 Å². The van der Waals surface area contributed by atoms with Gasteiger partial charge in [0.25, 0.3) is 5.91 Å². The largest absolute Gasteiger partial charge is 0.371 e. The van der Waals surface area contributed by atoms with Crippen molar-refractivity contribution in [2.75, 3.05) is 17.7 Å². The Morgan fingerprint density at radius 2 is 2.16 bits per heavy atom. The summed E-state index contributed by atoms with van der Waals surface area (Å²) in [6.07, 6.45) is 4.44. The maximum absolute atomic E-state index is 13.9. The van der Waals surface area contributed by atoms with Crippen LogP contribution in [0.15, 0.2) is 35.2 Å². The van der Waals surface area contributed by atoms with E-state index in [0.717, 1.165) is 0 Å². The number of pyridine rings is 2. The van der Waals surface area contributed by atoms with Gasteiger partial charge < -0.3 is 10.6 Å². The van der Waals surface area contributed by atoms with E-state index < -0.39 is 11.7 Å². The molecule has 0 fully saturated rings. The van der Waals surface area contributed by atoms with E-state index >= 15 is 0 Å². The van der Waals surface area contributed by atoms with Gasteiger partial charge in [0.15, 0.2) is 11.6 Å². The van der Waals surface area contributed by atoms with Crippen LogP contribution >= 0.6 is 15.9 Å². The van der Waals surface area contributed by atoms with Crippen LogP contribution in [-0.2, 0) is 0 Å². The van der Waals surface area contributed by atoms with Crippen LogP contribution in [0.5, 0.6) is 0 Å². The number of aromatic nitrogens is 2. The second kappa shape index (κ2) is 5.75. The molecular weight excluding hydrogens is 315 g/mol. The Balaban J connectivity index is 2.28. The van der Waals surface area contributed by atoms with Crippen molar-refractivity contribution in [3.8, 4) is 0 Å². The van der Waals surface area contributed by atoms with Gasteiger partial charge in [0.1, 0.15) is 0 Å². The molecule has 0 saturated carbocycles. The van der Waals surface area contributed by atoms with E-state index in [9.17, 15) is 9.18 Å². The quantitative estimate of drug-likeness (QED) is 0.910. The first kappa shape index (κ1) is 13.4. The van der Waals surface area contributed by atoms with Gasteiger partial charge in [-0.3, -0.25) is 9.78 Å². The van der Waals surface area contributed by atoms with Crippen LogP contribution in [0.3, 0.4) is 0 Å².